The van der Waals surface area contributed by atoms with E-state index >= 15 is 0 Å². The number of hydrogen-bond acceptors (Lipinski definition) is 3. The van der Waals surface area contributed by atoms with Crippen LogP contribution in [0.1, 0.15) is 55.4 Å². The van der Waals surface area contributed by atoms with Crippen molar-refractivity contribution in [1.29, 1.82) is 0 Å². The number of aryl methyl sites for hydroxylation is 2. The van der Waals surface area contributed by atoms with E-state index in [4.69, 9.17) is 4.74 Å². The highest BCUT2D eigenvalue weighted by Crippen LogP contribution is 2.17. The number of rotatable bonds is 7. The van der Waals surface area contributed by atoms with Crippen LogP contribution in [-0.2, 0) is 16.1 Å². The number of aromatic nitrogens is 2. The molecule has 130 valence electrons. The third-order valence-corrected chi connectivity index (χ3v) is 4.25. The first-order chi connectivity index (χ1) is 11.4. The second kappa shape index (κ2) is 8.11. The number of amides is 1. The molecule has 2 aromatic rings. The highest BCUT2D eigenvalue weighted by atomic mass is 16.5. The average molecular weight is 329 g/mol. The Morgan fingerprint density at radius 1 is 1.29 bits per heavy atom. The lowest BCUT2D eigenvalue weighted by Gasteiger charge is -2.17. The predicted molar refractivity (Wildman–Crippen MR) is 94.7 cm³/mol. The van der Waals surface area contributed by atoms with Crippen molar-refractivity contribution in [2.24, 2.45) is 0 Å². The highest BCUT2D eigenvalue weighted by molar-refractivity contribution is 5.76. The summed E-state index contributed by atoms with van der Waals surface area (Å²) in [5.74, 6) is 0.731. The Morgan fingerprint density at radius 3 is 2.71 bits per heavy atom. The quantitative estimate of drug-likeness (QED) is 0.846. The molecular weight excluding hydrogens is 302 g/mol. The van der Waals surface area contributed by atoms with Crippen molar-refractivity contribution in [2.75, 3.05) is 6.61 Å². The fourth-order valence-electron chi connectivity index (χ4n) is 2.70. The van der Waals surface area contributed by atoms with Crippen molar-refractivity contribution in [3.8, 4) is 0 Å². The number of carbonyl (C=O) groups excluding carboxylic acids is 1. The normalized spacial score (nSPS) is 13.5. The monoisotopic (exact) mass is 329 g/mol. The molecule has 1 N–H and O–H groups in total. The maximum atomic E-state index is 12.4. The molecule has 1 aromatic heterocycles. The summed E-state index contributed by atoms with van der Waals surface area (Å²) in [4.78, 5) is 16.7. The molecule has 24 heavy (non-hydrogen) atoms. The zero-order chi connectivity index (χ0) is 17.7. The fraction of sp³-hybridized carbons (Fsp3) is 0.474. The van der Waals surface area contributed by atoms with E-state index in [0.717, 1.165) is 11.4 Å². The van der Waals surface area contributed by atoms with Crippen LogP contribution in [0.25, 0.3) is 0 Å². The molecule has 1 aromatic carbocycles. The van der Waals surface area contributed by atoms with Crippen molar-refractivity contribution in [3.05, 3.63) is 53.1 Å². The molecule has 0 aliphatic rings. The van der Waals surface area contributed by atoms with Gasteiger partial charge in [0, 0.05) is 19.0 Å². The molecular formula is C19H27N3O2. The molecule has 0 aliphatic carbocycles. The Labute approximate surface area is 144 Å². The van der Waals surface area contributed by atoms with Gasteiger partial charge in [0.1, 0.15) is 18.5 Å². The van der Waals surface area contributed by atoms with E-state index < -0.39 is 0 Å². The van der Waals surface area contributed by atoms with Gasteiger partial charge in [-0.15, -0.1) is 0 Å². The highest BCUT2D eigenvalue weighted by Gasteiger charge is 2.16. The summed E-state index contributed by atoms with van der Waals surface area (Å²) in [7, 11) is 0. The first kappa shape index (κ1) is 18.2. The van der Waals surface area contributed by atoms with Gasteiger partial charge in [-0.25, -0.2) is 4.98 Å². The van der Waals surface area contributed by atoms with E-state index in [1.54, 1.807) is 6.20 Å². The molecule has 0 fully saturated rings. The molecule has 5 nitrogen and oxygen atoms in total. The van der Waals surface area contributed by atoms with Crippen LogP contribution in [0, 0.1) is 13.8 Å². The summed E-state index contributed by atoms with van der Waals surface area (Å²) in [5.41, 5.74) is 3.60. The molecule has 0 bridgehead atoms. The van der Waals surface area contributed by atoms with Gasteiger partial charge in [-0.1, -0.05) is 18.2 Å². The number of carbonyl (C=O) groups is 1. The van der Waals surface area contributed by atoms with Crippen molar-refractivity contribution >= 4 is 5.91 Å². The maximum absolute atomic E-state index is 12.4. The number of nitrogens with zero attached hydrogens (tertiary/aromatic N) is 2. The minimum atomic E-state index is -0.130. The van der Waals surface area contributed by atoms with E-state index in [1.165, 1.54) is 11.1 Å². The number of hydrogen-bond donors (Lipinski definition) is 1. The Hall–Kier alpha value is -2.14. The molecule has 1 amide bonds. The Kier molecular flexibility index (Phi) is 6.15. The molecule has 2 rings (SSSR count). The van der Waals surface area contributed by atoms with E-state index in [0.29, 0.717) is 6.61 Å². The summed E-state index contributed by atoms with van der Waals surface area (Å²) in [5, 5.41) is 3.05. The summed E-state index contributed by atoms with van der Waals surface area (Å²) < 4.78 is 7.40. The summed E-state index contributed by atoms with van der Waals surface area (Å²) in [6.45, 7) is 10.9. The molecule has 0 unspecified atom stereocenters. The Bertz CT molecular complexity index is 694. The van der Waals surface area contributed by atoms with Gasteiger partial charge in [0.05, 0.1) is 6.04 Å². The second-order valence-electron chi connectivity index (χ2n) is 6.14. The lowest BCUT2D eigenvalue weighted by atomic mass is 10.0. The van der Waals surface area contributed by atoms with Crippen molar-refractivity contribution in [1.82, 2.24) is 14.9 Å². The van der Waals surface area contributed by atoms with Crippen LogP contribution in [0.4, 0.5) is 0 Å². The number of ether oxygens (including phenoxy) is 1. The van der Waals surface area contributed by atoms with Crippen molar-refractivity contribution in [2.45, 2.75) is 53.3 Å². The molecule has 0 radical (unpaired) electrons. The van der Waals surface area contributed by atoms with Gasteiger partial charge in [-0.05, 0) is 51.3 Å². The number of imidazole rings is 1. The van der Waals surface area contributed by atoms with E-state index in [2.05, 4.69) is 42.3 Å². The summed E-state index contributed by atoms with van der Waals surface area (Å²) >= 11 is 0. The van der Waals surface area contributed by atoms with Crippen LogP contribution < -0.4 is 5.32 Å². The van der Waals surface area contributed by atoms with Crippen LogP contribution in [-0.4, -0.2) is 22.1 Å². The van der Waals surface area contributed by atoms with Gasteiger partial charge in [-0.3, -0.25) is 4.79 Å². The van der Waals surface area contributed by atoms with Crippen LogP contribution >= 0.6 is 0 Å². The van der Waals surface area contributed by atoms with E-state index in [-0.39, 0.29) is 24.6 Å². The molecule has 0 aliphatic heterocycles. The fourth-order valence-corrected chi connectivity index (χ4v) is 2.70. The third kappa shape index (κ3) is 4.45. The molecule has 0 spiro atoms. The minimum absolute atomic E-state index is 0.0342. The van der Waals surface area contributed by atoms with Crippen LogP contribution in [0.3, 0.4) is 0 Å². The van der Waals surface area contributed by atoms with Crippen molar-refractivity contribution in [3.63, 3.8) is 0 Å². The molecule has 2 atom stereocenters. The van der Waals surface area contributed by atoms with Crippen molar-refractivity contribution < 1.29 is 9.53 Å². The maximum Gasteiger partial charge on any atom is 0.240 e. The Balaban J connectivity index is 2.00. The first-order valence-electron chi connectivity index (χ1n) is 8.41. The average Bonchev–Trinajstić information content (AvgIpc) is 2.98. The third-order valence-electron chi connectivity index (χ3n) is 4.25. The SMILES string of the molecule is CCO[C@H](C)c1nccn1CC(=O)N[C@H](C)c1ccc(C)c(C)c1. The van der Waals surface area contributed by atoms with Gasteiger partial charge >= 0.3 is 0 Å². The lowest BCUT2D eigenvalue weighted by Crippen LogP contribution is -2.30. The van der Waals surface area contributed by atoms with Crippen LogP contribution in [0.5, 0.6) is 0 Å². The number of benzene rings is 1. The van der Waals surface area contributed by atoms with Gasteiger partial charge in [0.2, 0.25) is 5.91 Å². The lowest BCUT2D eigenvalue weighted by molar-refractivity contribution is -0.122. The standard InChI is InChI=1S/C19H27N3O2/c1-6-24-16(5)19-20-9-10-22(19)12-18(23)21-15(4)17-8-7-13(2)14(3)11-17/h7-11,15-16H,6,12H2,1-5H3,(H,21,23)/t15-,16-/m1/s1. The molecule has 5 heteroatoms. The van der Waals surface area contributed by atoms with E-state index in [9.17, 15) is 4.79 Å². The summed E-state index contributed by atoms with van der Waals surface area (Å²) in [6.07, 6.45) is 3.38. The number of nitrogens with one attached hydrogen (secondary N) is 1. The van der Waals surface area contributed by atoms with Gasteiger partial charge in [0.15, 0.2) is 0 Å². The Morgan fingerprint density at radius 2 is 2.04 bits per heavy atom. The topological polar surface area (TPSA) is 56.2 Å². The van der Waals surface area contributed by atoms with Crippen LogP contribution in [0.2, 0.25) is 0 Å². The zero-order valence-electron chi connectivity index (χ0n) is 15.2. The zero-order valence-corrected chi connectivity index (χ0v) is 15.2. The molecule has 1 heterocycles. The summed E-state index contributed by atoms with van der Waals surface area (Å²) in [6, 6.07) is 6.24. The minimum Gasteiger partial charge on any atom is -0.371 e. The first-order valence-corrected chi connectivity index (χ1v) is 8.41. The predicted octanol–water partition coefficient (Wildman–Crippen LogP) is 3.47. The second-order valence-corrected chi connectivity index (χ2v) is 6.14. The van der Waals surface area contributed by atoms with E-state index in [1.807, 2.05) is 31.5 Å². The van der Waals surface area contributed by atoms with Gasteiger partial charge < -0.3 is 14.6 Å². The smallest absolute Gasteiger partial charge is 0.240 e. The van der Waals surface area contributed by atoms with Crippen LogP contribution in [0.15, 0.2) is 30.6 Å². The largest absolute Gasteiger partial charge is 0.371 e. The molecule has 0 saturated heterocycles. The molecule has 0 saturated carbocycles. The van der Waals surface area contributed by atoms with Gasteiger partial charge in [-0.2, -0.15) is 0 Å². The van der Waals surface area contributed by atoms with Gasteiger partial charge in [0.25, 0.3) is 0 Å².